The molecule has 1 aromatic carbocycles. The minimum atomic E-state index is 0.0329. The van der Waals surface area contributed by atoms with Gasteiger partial charge in [-0.15, -0.1) is 0 Å². The Morgan fingerprint density at radius 2 is 1.88 bits per heavy atom. The quantitative estimate of drug-likeness (QED) is 0.796. The van der Waals surface area contributed by atoms with Crippen LogP contribution >= 0.6 is 0 Å². The molecule has 0 unspecified atom stereocenters. The lowest BCUT2D eigenvalue weighted by atomic mass is 9.69. The molecular formula is C20H30N2O2. The van der Waals surface area contributed by atoms with Crippen molar-refractivity contribution in [2.45, 2.75) is 45.6 Å². The molecule has 2 aliphatic rings. The Kier molecular flexibility index (Phi) is 5.90. The van der Waals surface area contributed by atoms with Gasteiger partial charge in [0.2, 0.25) is 0 Å². The van der Waals surface area contributed by atoms with E-state index in [1.165, 1.54) is 37.9 Å². The summed E-state index contributed by atoms with van der Waals surface area (Å²) in [6, 6.07) is 8.09. The molecule has 132 valence electrons. The van der Waals surface area contributed by atoms with Crippen molar-refractivity contribution in [2.75, 3.05) is 32.8 Å². The van der Waals surface area contributed by atoms with Gasteiger partial charge in [0.1, 0.15) is 0 Å². The summed E-state index contributed by atoms with van der Waals surface area (Å²) < 4.78 is 5.60. The number of carbonyl (C=O) groups is 1. The van der Waals surface area contributed by atoms with E-state index >= 15 is 0 Å². The van der Waals surface area contributed by atoms with Gasteiger partial charge in [-0.3, -0.25) is 9.69 Å². The maximum absolute atomic E-state index is 12.4. The number of hydrogen-bond acceptors (Lipinski definition) is 3. The summed E-state index contributed by atoms with van der Waals surface area (Å²) in [7, 11) is 0. The Labute approximate surface area is 145 Å². The molecule has 1 N–H and O–H groups in total. The van der Waals surface area contributed by atoms with Crippen LogP contribution in [0.3, 0.4) is 0 Å². The highest BCUT2D eigenvalue weighted by Crippen LogP contribution is 2.40. The van der Waals surface area contributed by atoms with Crippen molar-refractivity contribution in [1.29, 1.82) is 0 Å². The number of ether oxygens (including phenoxy) is 1. The number of benzene rings is 1. The average molecular weight is 330 g/mol. The molecule has 1 saturated carbocycles. The van der Waals surface area contributed by atoms with Gasteiger partial charge in [-0.25, -0.2) is 0 Å². The third-order valence-electron chi connectivity index (χ3n) is 5.47. The molecule has 4 heteroatoms. The Hall–Kier alpha value is -1.39. The van der Waals surface area contributed by atoms with E-state index in [0.29, 0.717) is 0 Å². The fraction of sp³-hybridized carbons (Fsp3) is 0.650. The molecule has 1 saturated heterocycles. The van der Waals surface area contributed by atoms with Crippen LogP contribution in [-0.4, -0.2) is 43.7 Å². The number of hydrogen-bond donors (Lipinski definition) is 1. The van der Waals surface area contributed by atoms with Crippen LogP contribution in [0.2, 0.25) is 0 Å². The molecule has 0 aromatic heterocycles. The van der Waals surface area contributed by atoms with Gasteiger partial charge >= 0.3 is 0 Å². The lowest BCUT2D eigenvalue weighted by molar-refractivity contribution is -0.000182. The monoisotopic (exact) mass is 330 g/mol. The molecule has 2 fully saturated rings. The summed E-state index contributed by atoms with van der Waals surface area (Å²) in [6.07, 6.45) is 6.17. The van der Waals surface area contributed by atoms with E-state index in [9.17, 15) is 4.79 Å². The van der Waals surface area contributed by atoms with Gasteiger partial charge in [-0.05, 0) is 63.4 Å². The Bertz CT molecular complexity index is 531. The first-order valence-electron chi connectivity index (χ1n) is 9.38. The number of amides is 1. The van der Waals surface area contributed by atoms with Gasteiger partial charge in [0.25, 0.3) is 5.91 Å². The van der Waals surface area contributed by atoms with Gasteiger partial charge in [-0.2, -0.15) is 0 Å². The fourth-order valence-corrected chi connectivity index (χ4v) is 3.70. The second kappa shape index (κ2) is 8.13. The van der Waals surface area contributed by atoms with Crippen molar-refractivity contribution in [3.63, 3.8) is 0 Å². The second-order valence-electron chi connectivity index (χ2n) is 7.35. The van der Waals surface area contributed by atoms with Crippen LogP contribution in [0.15, 0.2) is 24.3 Å². The van der Waals surface area contributed by atoms with E-state index in [1.807, 2.05) is 19.1 Å². The number of carbonyl (C=O) groups excluding carboxylic acids is 1. The zero-order valence-electron chi connectivity index (χ0n) is 14.9. The second-order valence-corrected chi connectivity index (χ2v) is 7.35. The number of likely N-dealkylation sites (tertiary alicyclic amines) is 1. The van der Waals surface area contributed by atoms with Crippen LogP contribution in [0.25, 0.3) is 0 Å². The van der Waals surface area contributed by atoms with Crippen molar-refractivity contribution in [1.82, 2.24) is 10.2 Å². The number of nitrogens with zero attached hydrogens (tertiary/aromatic N) is 1. The summed E-state index contributed by atoms with van der Waals surface area (Å²) in [5, 5.41) is 3.11. The molecule has 3 rings (SSSR count). The van der Waals surface area contributed by atoms with E-state index in [2.05, 4.69) is 22.3 Å². The molecule has 1 aliphatic carbocycles. The average Bonchev–Trinajstić information content (AvgIpc) is 3.07. The molecule has 1 heterocycles. The van der Waals surface area contributed by atoms with Crippen molar-refractivity contribution < 1.29 is 9.53 Å². The fourth-order valence-electron chi connectivity index (χ4n) is 3.70. The van der Waals surface area contributed by atoms with E-state index in [-0.39, 0.29) is 11.3 Å². The maximum atomic E-state index is 12.4. The summed E-state index contributed by atoms with van der Waals surface area (Å²) in [5.41, 5.74) is 2.22. The highest BCUT2D eigenvalue weighted by Gasteiger charge is 2.37. The molecule has 0 radical (unpaired) electrons. The maximum Gasteiger partial charge on any atom is 0.251 e. The van der Waals surface area contributed by atoms with Crippen LogP contribution in [0, 0.1) is 5.41 Å². The predicted molar refractivity (Wildman–Crippen MR) is 96.1 cm³/mol. The lowest BCUT2D eigenvalue weighted by Crippen LogP contribution is -2.45. The molecule has 1 aliphatic heterocycles. The van der Waals surface area contributed by atoms with Gasteiger partial charge in [0, 0.05) is 30.7 Å². The van der Waals surface area contributed by atoms with Gasteiger partial charge < -0.3 is 10.1 Å². The van der Waals surface area contributed by atoms with E-state index in [0.717, 1.165) is 44.7 Å². The van der Waals surface area contributed by atoms with E-state index in [4.69, 9.17) is 4.74 Å². The van der Waals surface area contributed by atoms with Crippen LogP contribution in [0.5, 0.6) is 0 Å². The predicted octanol–water partition coefficient (Wildman–Crippen LogP) is 3.22. The van der Waals surface area contributed by atoms with Crippen LogP contribution in [0.1, 0.15) is 54.9 Å². The van der Waals surface area contributed by atoms with Gasteiger partial charge in [-0.1, -0.05) is 18.6 Å². The minimum Gasteiger partial charge on any atom is -0.381 e. The highest BCUT2D eigenvalue weighted by atomic mass is 16.5. The van der Waals surface area contributed by atoms with Crippen LogP contribution < -0.4 is 5.32 Å². The Morgan fingerprint density at radius 1 is 1.17 bits per heavy atom. The smallest absolute Gasteiger partial charge is 0.251 e. The summed E-state index contributed by atoms with van der Waals surface area (Å²) in [5.74, 6) is 0.0329. The molecule has 1 amide bonds. The SMILES string of the molecule is CCOCC1(CNC(=O)c2ccc(CN3CCCC3)cc2)CCC1. The largest absolute Gasteiger partial charge is 0.381 e. The standard InChI is InChI=1S/C20H30N2O2/c1-2-24-16-20(10-5-11-20)15-21-19(23)18-8-6-17(7-9-18)14-22-12-3-4-13-22/h6-9H,2-5,10-16H2,1H3,(H,21,23). The first-order valence-corrected chi connectivity index (χ1v) is 9.38. The Balaban J connectivity index is 1.49. The minimum absolute atomic E-state index is 0.0329. The van der Waals surface area contributed by atoms with Gasteiger partial charge in [0.05, 0.1) is 6.61 Å². The van der Waals surface area contributed by atoms with Gasteiger partial charge in [0.15, 0.2) is 0 Å². The third-order valence-corrected chi connectivity index (χ3v) is 5.47. The molecule has 0 spiro atoms. The number of rotatable bonds is 8. The molecule has 0 atom stereocenters. The zero-order valence-corrected chi connectivity index (χ0v) is 14.9. The first-order chi connectivity index (χ1) is 11.7. The molecule has 24 heavy (non-hydrogen) atoms. The number of nitrogens with one attached hydrogen (secondary N) is 1. The molecule has 4 nitrogen and oxygen atoms in total. The van der Waals surface area contributed by atoms with E-state index in [1.54, 1.807) is 0 Å². The third kappa shape index (κ3) is 4.37. The van der Waals surface area contributed by atoms with Crippen LogP contribution in [-0.2, 0) is 11.3 Å². The highest BCUT2D eigenvalue weighted by molar-refractivity contribution is 5.94. The first kappa shape index (κ1) is 17.4. The normalized spacial score (nSPS) is 19.9. The summed E-state index contributed by atoms with van der Waals surface area (Å²) in [4.78, 5) is 14.9. The Morgan fingerprint density at radius 3 is 2.46 bits per heavy atom. The van der Waals surface area contributed by atoms with Crippen molar-refractivity contribution >= 4 is 5.91 Å². The van der Waals surface area contributed by atoms with Crippen molar-refractivity contribution in [2.24, 2.45) is 5.41 Å². The zero-order chi connectivity index (χ0) is 16.8. The molecular weight excluding hydrogens is 300 g/mol. The lowest BCUT2D eigenvalue weighted by Gasteiger charge is -2.41. The van der Waals surface area contributed by atoms with Crippen molar-refractivity contribution in [3.8, 4) is 0 Å². The van der Waals surface area contributed by atoms with E-state index < -0.39 is 0 Å². The molecule has 0 bridgehead atoms. The van der Waals surface area contributed by atoms with Crippen molar-refractivity contribution in [3.05, 3.63) is 35.4 Å². The summed E-state index contributed by atoms with van der Waals surface area (Å²) >= 11 is 0. The molecule has 1 aromatic rings. The summed E-state index contributed by atoms with van der Waals surface area (Å²) in [6.45, 7) is 7.65. The van der Waals surface area contributed by atoms with Crippen LogP contribution in [0.4, 0.5) is 0 Å². The topological polar surface area (TPSA) is 41.6 Å².